The van der Waals surface area contributed by atoms with Gasteiger partial charge in [-0.3, -0.25) is 0 Å². The molecule has 0 saturated carbocycles. The lowest BCUT2D eigenvalue weighted by Crippen LogP contribution is -2.28. The summed E-state index contributed by atoms with van der Waals surface area (Å²) >= 11 is 0.534. The summed E-state index contributed by atoms with van der Waals surface area (Å²) < 4.78 is 26.2. The number of pyridine rings is 1. The van der Waals surface area contributed by atoms with Crippen molar-refractivity contribution >= 4 is 17.6 Å². The van der Waals surface area contributed by atoms with E-state index in [1.165, 1.54) is 5.57 Å². The number of anilines is 1. The molecule has 1 aromatic heterocycles. The molecule has 0 amide bonds. The molecule has 0 spiro atoms. The maximum absolute atomic E-state index is 13.1. The van der Waals surface area contributed by atoms with Crippen molar-refractivity contribution in [2.75, 3.05) is 4.90 Å². The van der Waals surface area contributed by atoms with Gasteiger partial charge in [0, 0.05) is 23.7 Å². The SMILES string of the molecule is C=C1C(C)=C(C)[C@H](C)N1c1cc(SC(C)(F)F)ccn1. The summed E-state index contributed by atoms with van der Waals surface area (Å²) in [6, 6.07) is 3.44. The predicted molar refractivity (Wildman–Crippen MR) is 80.2 cm³/mol. The summed E-state index contributed by atoms with van der Waals surface area (Å²) in [6.45, 7) is 11.1. The number of thioether (sulfide) groups is 1. The zero-order valence-electron chi connectivity index (χ0n) is 12.1. The van der Waals surface area contributed by atoms with Gasteiger partial charge < -0.3 is 4.90 Å². The van der Waals surface area contributed by atoms with Crippen molar-refractivity contribution in [3.05, 3.63) is 41.8 Å². The lowest BCUT2D eigenvalue weighted by molar-refractivity contribution is 0.129. The molecule has 5 heteroatoms. The van der Waals surface area contributed by atoms with Crippen LogP contribution in [-0.2, 0) is 0 Å². The Morgan fingerprint density at radius 1 is 1.40 bits per heavy atom. The maximum atomic E-state index is 13.1. The van der Waals surface area contributed by atoms with Gasteiger partial charge >= 0.3 is 0 Å². The van der Waals surface area contributed by atoms with E-state index in [0.717, 1.165) is 18.2 Å². The minimum atomic E-state index is -2.80. The molecular formula is C15H18F2N2S. The largest absolute Gasteiger partial charge is 0.320 e. The first-order valence-electron chi connectivity index (χ1n) is 6.39. The molecule has 108 valence electrons. The van der Waals surface area contributed by atoms with Crippen molar-refractivity contribution in [1.29, 1.82) is 0 Å². The Bertz CT molecular complexity index is 575. The molecule has 2 nitrogen and oxygen atoms in total. The van der Waals surface area contributed by atoms with Crippen molar-refractivity contribution in [1.82, 2.24) is 4.98 Å². The van der Waals surface area contributed by atoms with Crippen LogP contribution in [0.5, 0.6) is 0 Å². The van der Waals surface area contributed by atoms with Gasteiger partial charge in [0.15, 0.2) is 0 Å². The second kappa shape index (κ2) is 5.20. The molecular weight excluding hydrogens is 278 g/mol. The van der Waals surface area contributed by atoms with Crippen LogP contribution in [0.1, 0.15) is 27.7 Å². The Labute approximate surface area is 122 Å². The molecule has 0 unspecified atom stereocenters. The van der Waals surface area contributed by atoms with Crippen LogP contribution < -0.4 is 4.90 Å². The van der Waals surface area contributed by atoms with Crippen LogP contribution in [0, 0.1) is 0 Å². The second-order valence-corrected chi connectivity index (χ2v) is 6.45. The zero-order valence-corrected chi connectivity index (χ0v) is 12.9. The molecule has 0 aliphatic carbocycles. The van der Waals surface area contributed by atoms with Crippen LogP contribution in [-0.4, -0.2) is 16.3 Å². The minimum Gasteiger partial charge on any atom is -0.320 e. The summed E-state index contributed by atoms with van der Waals surface area (Å²) in [5.74, 6) is 0.660. The third kappa shape index (κ3) is 2.87. The van der Waals surface area contributed by atoms with E-state index in [0.29, 0.717) is 22.5 Å². The van der Waals surface area contributed by atoms with E-state index < -0.39 is 5.25 Å². The van der Waals surface area contributed by atoms with Gasteiger partial charge in [-0.2, -0.15) is 8.78 Å². The van der Waals surface area contributed by atoms with E-state index in [1.807, 2.05) is 11.8 Å². The maximum Gasteiger partial charge on any atom is 0.295 e. The van der Waals surface area contributed by atoms with Crippen LogP contribution in [0.15, 0.2) is 46.6 Å². The normalized spacial score (nSPS) is 20.0. The lowest BCUT2D eigenvalue weighted by Gasteiger charge is -2.26. The van der Waals surface area contributed by atoms with E-state index in [9.17, 15) is 8.78 Å². The Balaban J connectivity index is 2.31. The molecule has 0 aromatic carbocycles. The molecule has 0 saturated heterocycles. The van der Waals surface area contributed by atoms with Crippen molar-refractivity contribution in [2.24, 2.45) is 0 Å². The Kier molecular flexibility index (Phi) is 3.91. The van der Waals surface area contributed by atoms with E-state index in [-0.39, 0.29) is 6.04 Å². The molecule has 2 rings (SSSR count). The molecule has 20 heavy (non-hydrogen) atoms. The van der Waals surface area contributed by atoms with Crippen LogP contribution in [0.3, 0.4) is 0 Å². The first-order valence-corrected chi connectivity index (χ1v) is 7.21. The van der Waals surface area contributed by atoms with Gasteiger partial charge in [0.1, 0.15) is 5.82 Å². The average molecular weight is 296 g/mol. The van der Waals surface area contributed by atoms with Gasteiger partial charge in [0.25, 0.3) is 5.25 Å². The monoisotopic (exact) mass is 296 g/mol. The van der Waals surface area contributed by atoms with Crippen LogP contribution in [0.25, 0.3) is 0 Å². The quantitative estimate of drug-likeness (QED) is 0.742. The first kappa shape index (κ1) is 15.0. The lowest BCUT2D eigenvalue weighted by atomic mass is 10.1. The number of halogens is 2. The molecule has 2 heterocycles. The number of hydrogen-bond acceptors (Lipinski definition) is 3. The Morgan fingerprint density at radius 3 is 2.55 bits per heavy atom. The van der Waals surface area contributed by atoms with Gasteiger partial charge in [-0.25, -0.2) is 4.98 Å². The number of allylic oxidation sites excluding steroid dienone is 1. The Hall–Kier alpha value is -1.36. The number of alkyl halides is 2. The highest BCUT2D eigenvalue weighted by Gasteiger charge is 2.30. The highest BCUT2D eigenvalue weighted by Crippen LogP contribution is 2.39. The average Bonchev–Trinajstić information content (AvgIpc) is 2.52. The molecule has 0 bridgehead atoms. The molecule has 0 N–H and O–H groups in total. The third-order valence-corrected chi connectivity index (χ3v) is 4.44. The molecule has 1 aliphatic heterocycles. The van der Waals surface area contributed by atoms with Gasteiger partial charge in [-0.05, 0) is 44.1 Å². The van der Waals surface area contributed by atoms with Crippen LogP contribution in [0.2, 0.25) is 0 Å². The fourth-order valence-corrected chi connectivity index (χ4v) is 2.99. The third-order valence-electron chi connectivity index (χ3n) is 3.59. The van der Waals surface area contributed by atoms with Crippen molar-refractivity contribution in [3.63, 3.8) is 0 Å². The Morgan fingerprint density at radius 2 is 2.05 bits per heavy atom. The molecule has 0 fully saturated rings. The van der Waals surface area contributed by atoms with Gasteiger partial charge in [-0.1, -0.05) is 18.3 Å². The first-order chi connectivity index (χ1) is 9.20. The molecule has 1 aliphatic rings. The fraction of sp³-hybridized carbons (Fsp3) is 0.400. The van der Waals surface area contributed by atoms with Crippen molar-refractivity contribution < 1.29 is 8.78 Å². The number of aromatic nitrogens is 1. The summed E-state index contributed by atoms with van der Waals surface area (Å²) in [5.41, 5.74) is 3.25. The molecule has 1 atom stereocenters. The van der Waals surface area contributed by atoms with E-state index >= 15 is 0 Å². The van der Waals surface area contributed by atoms with Gasteiger partial charge in [0.05, 0.1) is 6.04 Å². The van der Waals surface area contributed by atoms with Gasteiger partial charge in [0.2, 0.25) is 0 Å². The minimum absolute atomic E-state index is 0.150. The van der Waals surface area contributed by atoms with Crippen molar-refractivity contribution in [2.45, 2.75) is 43.9 Å². The number of rotatable bonds is 3. The standard InChI is InChI=1S/C15H18F2N2S/c1-9-10(2)12(4)19(11(9)3)14-8-13(6-7-18-14)20-15(5,16)17/h6-8,12H,3H2,1-2,4-5H3/t12-/m0/s1. The van der Waals surface area contributed by atoms with Crippen LogP contribution in [0.4, 0.5) is 14.6 Å². The van der Waals surface area contributed by atoms with E-state index in [2.05, 4.69) is 25.4 Å². The number of hydrogen-bond donors (Lipinski definition) is 0. The highest BCUT2D eigenvalue weighted by molar-refractivity contribution is 8.00. The summed E-state index contributed by atoms with van der Waals surface area (Å²) in [5, 5.41) is -2.80. The van der Waals surface area contributed by atoms with Crippen molar-refractivity contribution in [3.8, 4) is 0 Å². The van der Waals surface area contributed by atoms with E-state index in [4.69, 9.17) is 0 Å². The molecule has 0 radical (unpaired) electrons. The van der Waals surface area contributed by atoms with Gasteiger partial charge in [-0.15, -0.1) is 0 Å². The smallest absolute Gasteiger partial charge is 0.295 e. The highest BCUT2D eigenvalue weighted by atomic mass is 32.2. The fourth-order valence-electron chi connectivity index (χ4n) is 2.29. The summed E-state index contributed by atoms with van der Waals surface area (Å²) in [7, 11) is 0. The predicted octanol–water partition coefficient (Wildman–Crippen LogP) is 4.85. The summed E-state index contributed by atoms with van der Waals surface area (Å²) in [6.07, 6.45) is 1.56. The van der Waals surface area contributed by atoms with Crippen LogP contribution >= 0.6 is 11.8 Å². The molecule has 1 aromatic rings. The summed E-state index contributed by atoms with van der Waals surface area (Å²) in [4.78, 5) is 6.79. The zero-order chi connectivity index (χ0) is 15.1. The second-order valence-electron chi connectivity index (χ2n) is 5.06. The van der Waals surface area contributed by atoms with E-state index in [1.54, 1.807) is 18.3 Å². The topological polar surface area (TPSA) is 16.1 Å². The number of nitrogens with zero attached hydrogens (tertiary/aromatic N) is 2.